The Balaban J connectivity index is 1.83. The van der Waals surface area contributed by atoms with E-state index >= 15 is 0 Å². The van der Waals surface area contributed by atoms with Gasteiger partial charge < -0.3 is 10.2 Å². The van der Waals surface area contributed by atoms with Gasteiger partial charge in [-0.3, -0.25) is 4.90 Å². The van der Waals surface area contributed by atoms with E-state index in [0.29, 0.717) is 6.04 Å². The normalized spacial score (nSPS) is 19.4. The molecule has 1 fully saturated rings. The van der Waals surface area contributed by atoms with E-state index in [2.05, 4.69) is 40.5 Å². The Morgan fingerprint density at radius 2 is 2.10 bits per heavy atom. The topological polar surface area (TPSA) is 35.6 Å². The molecule has 1 saturated heterocycles. The zero-order valence-electron chi connectivity index (χ0n) is 12.2. The van der Waals surface area contributed by atoms with Gasteiger partial charge in [0.2, 0.25) is 0 Å². The molecule has 1 aliphatic rings. The molecule has 0 saturated carbocycles. The van der Waals surface area contributed by atoms with E-state index in [1.807, 2.05) is 11.8 Å². The highest BCUT2D eigenvalue weighted by molar-refractivity contribution is 7.07. The van der Waals surface area contributed by atoms with Crippen LogP contribution in [0.2, 0.25) is 0 Å². The van der Waals surface area contributed by atoms with Gasteiger partial charge in [-0.15, -0.1) is 6.58 Å². The van der Waals surface area contributed by atoms with Gasteiger partial charge in [-0.2, -0.15) is 11.3 Å². The van der Waals surface area contributed by atoms with Gasteiger partial charge >= 0.3 is 6.03 Å². The molecule has 0 bridgehead atoms. The van der Waals surface area contributed by atoms with Crippen molar-refractivity contribution in [3.8, 4) is 0 Å². The molecule has 1 aliphatic heterocycles. The first-order valence-electron chi connectivity index (χ1n) is 7.06. The number of piperazine rings is 1. The minimum atomic E-state index is 0.0141. The molecule has 1 N–H and O–H groups in total. The summed E-state index contributed by atoms with van der Waals surface area (Å²) in [4.78, 5) is 16.3. The second kappa shape index (κ2) is 6.90. The molecular formula is C15H23N3OS. The van der Waals surface area contributed by atoms with Crippen molar-refractivity contribution in [1.82, 2.24) is 15.1 Å². The van der Waals surface area contributed by atoms with Crippen LogP contribution < -0.4 is 5.32 Å². The zero-order chi connectivity index (χ0) is 14.5. The van der Waals surface area contributed by atoms with Gasteiger partial charge in [0.1, 0.15) is 0 Å². The van der Waals surface area contributed by atoms with Crippen LogP contribution in [0.25, 0.3) is 0 Å². The quantitative estimate of drug-likeness (QED) is 0.866. The minimum Gasteiger partial charge on any atom is -0.332 e. The van der Waals surface area contributed by atoms with E-state index in [9.17, 15) is 4.79 Å². The van der Waals surface area contributed by atoms with E-state index in [0.717, 1.165) is 26.2 Å². The highest BCUT2D eigenvalue weighted by Gasteiger charge is 2.25. The van der Waals surface area contributed by atoms with Gasteiger partial charge in [-0.05, 0) is 36.2 Å². The number of nitrogens with one attached hydrogen (secondary N) is 1. The molecule has 0 aliphatic carbocycles. The first-order valence-corrected chi connectivity index (χ1v) is 8.00. The fourth-order valence-electron chi connectivity index (χ4n) is 2.38. The summed E-state index contributed by atoms with van der Waals surface area (Å²) in [6, 6.07) is 2.64. The fraction of sp³-hybridized carbons (Fsp3) is 0.533. The Kier molecular flexibility index (Phi) is 5.20. The van der Waals surface area contributed by atoms with Gasteiger partial charge in [-0.1, -0.05) is 6.08 Å². The van der Waals surface area contributed by atoms with Crippen LogP contribution in [-0.2, 0) is 0 Å². The molecule has 4 nitrogen and oxygen atoms in total. The standard InChI is InChI=1S/C15H23N3OS/c1-4-12(2)16-15(19)18-8-6-17(7-9-18)13(3)14-5-10-20-11-14/h4-5,10-13H,1,6-9H2,2-3H3,(H,16,19)/t12-,13+/m1/s1. The van der Waals surface area contributed by atoms with Gasteiger partial charge in [0.25, 0.3) is 0 Å². The first-order chi connectivity index (χ1) is 9.61. The van der Waals surface area contributed by atoms with Crippen LogP contribution in [0.5, 0.6) is 0 Å². The molecule has 0 unspecified atom stereocenters. The second-order valence-electron chi connectivity index (χ2n) is 5.23. The maximum atomic E-state index is 12.0. The predicted octanol–water partition coefficient (Wildman–Crippen LogP) is 2.71. The third-order valence-corrected chi connectivity index (χ3v) is 4.58. The van der Waals surface area contributed by atoms with Gasteiger partial charge in [0, 0.05) is 38.3 Å². The average Bonchev–Trinajstić information content (AvgIpc) is 3.00. The van der Waals surface area contributed by atoms with Crippen LogP contribution in [0.15, 0.2) is 29.5 Å². The summed E-state index contributed by atoms with van der Waals surface area (Å²) in [6.07, 6.45) is 1.74. The Morgan fingerprint density at radius 1 is 1.40 bits per heavy atom. The van der Waals surface area contributed by atoms with Crippen LogP contribution in [0, 0.1) is 0 Å². The number of urea groups is 1. The summed E-state index contributed by atoms with van der Waals surface area (Å²) in [5, 5.41) is 7.24. The number of carbonyl (C=O) groups excluding carboxylic acids is 1. The van der Waals surface area contributed by atoms with Crippen molar-refractivity contribution in [3.05, 3.63) is 35.0 Å². The molecule has 0 radical (unpaired) electrons. The van der Waals surface area contributed by atoms with Crippen molar-refractivity contribution in [2.45, 2.75) is 25.9 Å². The van der Waals surface area contributed by atoms with Crippen molar-refractivity contribution in [2.24, 2.45) is 0 Å². The highest BCUT2D eigenvalue weighted by atomic mass is 32.1. The Bertz CT molecular complexity index is 438. The van der Waals surface area contributed by atoms with E-state index in [4.69, 9.17) is 0 Å². The van der Waals surface area contributed by atoms with Gasteiger partial charge in [-0.25, -0.2) is 4.79 Å². The van der Waals surface area contributed by atoms with E-state index in [-0.39, 0.29) is 12.1 Å². The van der Waals surface area contributed by atoms with Crippen LogP contribution in [-0.4, -0.2) is 48.1 Å². The molecule has 0 aromatic carbocycles. The van der Waals surface area contributed by atoms with Gasteiger partial charge in [0.05, 0.1) is 0 Å². The molecule has 0 spiro atoms. The molecule has 110 valence electrons. The van der Waals surface area contributed by atoms with E-state index < -0.39 is 0 Å². The van der Waals surface area contributed by atoms with Gasteiger partial charge in [0.15, 0.2) is 0 Å². The number of hydrogen-bond donors (Lipinski definition) is 1. The molecule has 2 amide bonds. The number of carbonyl (C=O) groups is 1. The van der Waals surface area contributed by atoms with E-state index in [1.165, 1.54) is 5.56 Å². The summed E-state index contributed by atoms with van der Waals surface area (Å²) < 4.78 is 0. The lowest BCUT2D eigenvalue weighted by molar-refractivity contribution is 0.113. The molecule has 2 heterocycles. The van der Waals surface area contributed by atoms with Crippen molar-refractivity contribution in [3.63, 3.8) is 0 Å². The Hall–Kier alpha value is -1.33. The largest absolute Gasteiger partial charge is 0.332 e. The average molecular weight is 293 g/mol. The highest BCUT2D eigenvalue weighted by Crippen LogP contribution is 2.23. The van der Waals surface area contributed by atoms with Crippen LogP contribution in [0.4, 0.5) is 4.79 Å². The molecule has 5 heteroatoms. The summed E-state index contributed by atoms with van der Waals surface area (Å²) >= 11 is 1.74. The fourth-order valence-corrected chi connectivity index (χ4v) is 3.13. The minimum absolute atomic E-state index is 0.0141. The third kappa shape index (κ3) is 3.61. The van der Waals surface area contributed by atoms with Crippen molar-refractivity contribution < 1.29 is 4.79 Å². The molecule has 20 heavy (non-hydrogen) atoms. The maximum Gasteiger partial charge on any atom is 0.317 e. The monoisotopic (exact) mass is 293 g/mol. The second-order valence-corrected chi connectivity index (χ2v) is 6.01. The number of amides is 2. The summed E-state index contributed by atoms with van der Waals surface area (Å²) in [5.41, 5.74) is 1.37. The third-order valence-electron chi connectivity index (χ3n) is 3.88. The smallest absolute Gasteiger partial charge is 0.317 e. The van der Waals surface area contributed by atoms with Crippen molar-refractivity contribution >= 4 is 17.4 Å². The maximum absolute atomic E-state index is 12.0. The molecule has 2 atom stereocenters. The lowest BCUT2D eigenvalue weighted by Gasteiger charge is -2.38. The van der Waals surface area contributed by atoms with Crippen LogP contribution in [0.1, 0.15) is 25.5 Å². The molecule has 1 aromatic heterocycles. The van der Waals surface area contributed by atoms with Crippen LogP contribution >= 0.6 is 11.3 Å². The van der Waals surface area contributed by atoms with Crippen molar-refractivity contribution in [2.75, 3.05) is 26.2 Å². The lowest BCUT2D eigenvalue weighted by atomic mass is 10.1. The number of nitrogens with zero attached hydrogens (tertiary/aromatic N) is 2. The number of thiophene rings is 1. The summed E-state index contributed by atoms with van der Waals surface area (Å²) in [7, 11) is 0. The zero-order valence-corrected chi connectivity index (χ0v) is 13.0. The molecular weight excluding hydrogens is 270 g/mol. The number of rotatable bonds is 4. The Morgan fingerprint density at radius 3 is 2.65 bits per heavy atom. The summed E-state index contributed by atoms with van der Waals surface area (Å²) in [6.45, 7) is 11.3. The van der Waals surface area contributed by atoms with Crippen molar-refractivity contribution in [1.29, 1.82) is 0 Å². The first kappa shape index (κ1) is 15.1. The molecule has 1 aromatic rings. The Labute approximate surface area is 125 Å². The lowest BCUT2D eigenvalue weighted by Crippen LogP contribution is -2.53. The van der Waals surface area contributed by atoms with Crippen LogP contribution in [0.3, 0.4) is 0 Å². The summed E-state index contributed by atoms with van der Waals surface area (Å²) in [5.74, 6) is 0. The predicted molar refractivity (Wildman–Crippen MR) is 84.1 cm³/mol. The number of hydrogen-bond acceptors (Lipinski definition) is 3. The van der Waals surface area contributed by atoms with E-state index in [1.54, 1.807) is 17.4 Å². The molecule has 2 rings (SSSR count). The SMILES string of the molecule is C=C[C@@H](C)NC(=O)N1CCN([C@@H](C)c2ccsc2)CC1.